The van der Waals surface area contributed by atoms with E-state index in [1.165, 1.54) is 46.2 Å². The average Bonchev–Trinajstić information content (AvgIpc) is 2.70. The van der Waals surface area contributed by atoms with Gasteiger partial charge in [0.05, 0.1) is 67.3 Å². The van der Waals surface area contributed by atoms with Gasteiger partial charge in [0.2, 0.25) is 13.5 Å². The number of imidazole rings is 2. The minimum atomic E-state index is -4.72. The highest BCUT2D eigenvalue weighted by Crippen LogP contribution is 2.65. The summed E-state index contributed by atoms with van der Waals surface area (Å²) in [6, 6.07) is 30.1. The number of aromatic nitrogens is 7. The zero-order valence-electron chi connectivity index (χ0n) is 45.4. The molecular weight excluding hydrogens is 1180 g/mol. The largest absolute Gasteiger partial charge is 0.492 e. The van der Waals surface area contributed by atoms with Gasteiger partial charge in [-0.05, 0) is 71.0 Å². The number of carbonyl (C=O) groups excluding carboxylic acids is 2. The predicted molar refractivity (Wildman–Crippen MR) is 311 cm³/mol. The highest BCUT2D eigenvalue weighted by Gasteiger charge is 2.55. The number of ether oxygens (including phenoxy) is 4. The number of hydrogen-bond acceptors (Lipinski definition) is 23. The molecule has 5 aliphatic heterocycles. The molecule has 442 valence electrons. The van der Waals surface area contributed by atoms with Crippen LogP contribution in [-0.2, 0) is 53.8 Å². The van der Waals surface area contributed by atoms with Gasteiger partial charge >= 0.3 is 12.8 Å². The lowest BCUT2D eigenvalue weighted by Gasteiger charge is -2.30. The van der Waals surface area contributed by atoms with Gasteiger partial charge in [-0.15, -0.1) is 5.53 Å². The summed E-state index contributed by atoms with van der Waals surface area (Å²) < 4.78 is 113. The zero-order chi connectivity index (χ0) is 59.4. The molecule has 4 aromatic heterocycles. The molecule has 8 aromatic rings. The summed E-state index contributed by atoms with van der Waals surface area (Å²) in [5, 5.41) is 1.95. The van der Waals surface area contributed by atoms with E-state index in [9.17, 15) is 14.2 Å². The van der Waals surface area contributed by atoms with Crippen molar-refractivity contribution < 1.29 is 64.5 Å². The van der Waals surface area contributed by atoms with E-state index >= 15 is 13.3 Å². The van der Waals surface area contributed by atoms with Crippen LogP contribution >= 0.6 is 25.7 Å². The Labute approximate surface area is 493 Å². The molecule has 0 saturated carbocycles. The minimum absolute atomic E-state index is 0.0101. The number of hydrazine groups is 2. The van der Waals surface area contributed by atoms with Crippen molar-refractivity contribution in [3.8, 4) is 11.5 Å². The molecule has 2 radical (unpaired) electrons. The number of nitrogens with one attached hydrogen (secondary N) is 2. The molecule has 9 heterocycles. The van der Waals surface area contributed by atoms with Crippen LogP contribution in [0.5, 0.6) is 11.5 Å². The summed E-state index contributed by atoms with van der Waals surface area (Å²) in [5.41, 5.74) is 25.8. The molecule has 0 aliphatic carbocycles. The van der Waals surface area contributed by atoms with Crippen molar-refractivity contribution in [3.63, 3.8) is 0 Å². The summed E-state index contributed by atoms with van der Waals surface area (Å²) in [4.78, 5) is 49.5. The zero-order valence-corrected chi connectivity index (χ0v) is 48.0. The quantitative estimate of drug-likeness (QED) is 0.0393. The van der Waals surface area contributed by atoms with Crippen molar-refractivity contribution in [1.82, 2.24) is 50.0 Å². The number of rotatable bonds is 12. The Morgan fingerprint density at radius 2 is 1.44 bits per heavy atom. The van der Waals surface area contributed by atoms with Crippen LogP contribution in [0, 0.1) is 0 Å². The number of anilines is 3. The maximum atomic E-state index is 17.0. The van der Waals surface area contributed by atoms with Gasteiger partial charge in [-0.25, -0.2) is 43.1 Å². The second kappa shape index (κ2) is 23.5. The Balaban J connectivity index is 0.683. The molecule has 4 aromatic carbocycles. The number of benzene rings is 4. The van der Waals surface area contributed by atoms with Gasteiger partial charge in [0.15, 0.2) is 41.9 Å². The van der Waals surface area contributed by atoms with E-state index in [1.807, 2.05) is 65.4 Å². The number of esters is 1. The van der Waals surface area contributed by atoms with Gasteiger partial charge in [0.25, 0.3) is 7.47 Å². The number of hydrogen-bond donors (Lipinski definition) is 4. The van der Waals surface area contributed by atoms with E-state index in [1.54, 1.807) is 36.4 Å². The van der Waals surface area contributed by atoms with Gasteiger partial charge in [0, 0.05) is 29.5 Å². The summed E-state index contributed by atoms with van der Waals surface area (Å²) in [6.07, 6.45) is -8.42. The topological polar surface area (TPSA) is 299 Å². The summed E-state index contributed by atoms with van der Waals surface area (Å²) in [5.74, 6) is -0.0156. The van der Waals surface area contributed by atoms with Gasteiger partial charge in [0.1, 0.15) is 59.9 Å². The molecule has 5 aliphatic rings. The molecule has 25 nitrogen and oxygen atoms in total. The number of nitrogens with zero attached hydrogens (tertiary/aromatic N) is 9. The van der Waals surface area contributed by atoms with E-state index < -0.39 is 82.7 Å². The highest BCUT2D eigenvalue weighted by molar-refractivity contribution is 8.54. The van der Waals surface area contributed by atoms with Crippen LogP contribution < -0.4 is 36.8 Å². The van der Waals surface area contributed by atoms with Crippen LogP contribution in [0.4, 0.5) is 26.0 Å². The third kappa shape index (κ3) is 11.1. The number of nitrogens with two attached hydrogens (primary N) is 2. The van der Waals surface area contributed by atoms with Crippen LogP contribution in [0.3, 0.4) is 0 Å². The third-order valence-corrected chi connectivity index (χ3v) is 19.7. The first-order chi connectivity index (χ1) is 41.6. The number of alkyl halides is 2. The number of halogens is 2. The van der Waals surface area contributed by atoms with Crippen LogP contribution in [0.25, 0.3) is 33.7 Å². The van der Waals surface area contributed by atoms with E-state index in [0.717, 1.165) is 40.1 Å². The molecule has 0 unspecified atom stereocenters. The first-order valence-electron chi connectivity index (χ1n) is 27.1. The van der Waals surface area contributed by atoms with Gasteiger partial charge < -0.3 is 49.8 Å². The molecule has 3 saturated heterocycles. The predicted octanol–water partition coefficient (Wildman–Crippen LogP) is 7.75. The fourth-order valence-corrected chi connectivity index (χ4v) is 15.1. The number of para-hydroxylation sites is 1. The van der Waals surface area contributed by atoms with E-state index in [2.05, 4.69) is 35.9 Å². The molecule has 0 spiro atoms. The molecule has 31 heteroatoms. The molecule has 86 heavy (non-hydrogen) atoms. The molecular formula is C55H52BF2N13O12P2S. The monoisotopic (exact) mass is 1230 g/mol. The van der Waals surface area contributed by atoms with Crippen molar-refractivity contribution in [3.05, 3.63) is 156 Å². The Kier molecular flexibility index (Phi) is 15.6. The fraction of sp³-hybridized carbons (Fsp3) is 0.291. The lowest BCUT2D eigenvalue weighted by Crippen LogP contribution is -2.40. The molecule has 13 rings (SSSR count). The number of nitrogen functional groups attached to an aromatic ring is 2. The molecule has 0 bridgehead atoms. The Morgan fingerprint density at radius 3 is 2.19 bits per heavy atom. The van der Waals surface area contributed by atoms with Crippen molar-refractivity contribution in [2.24, 2.45) is 0 Å². The van der Waals surface area contributed by atoms with Crippen LogP contribution in [0.1, 0.15) is 58.4 Å². The first kappa shape index (κ1) is 57.3. The van der Waals surface area contributed by atoms with Crippen molar-refractivity contribution in [1.29, 1.82) is 0 Å². The van der Waals surface area contributed by atoms with Gasteiger partial charge in [-0.3, -0.25) is 32.6 Å². The van der Waals surface area contributed by atoms with Crippen molar-refractivity contribution in [2.45, 2.75) is 74.9 Å². The molecule has 10 atom stereocenters. The van der Waals surface area contributed by atoms with Crippen molar-refractivity contribution in [2.75, 3.05) is 42.7 Å². The summed E-state index contributed by atoms with van der Waals surface area (Å²) >= 11 is 0.668. The second-order valence-electron chi connectivity index (χ2n) is 20.3. The van der Waals surface area contributed by atoms with Crippen LogP contribution in [0.2, 0.25) is 0 Å². The molecule has 1 amide bonds. The maximum Gasteiger partial charge on any atom is 0.389 e. The Hall–Kier alpha value is -7.82. The standard InChI is InChI=1S/C55H52BF2N13O12P2S/c1-2-41(72)68-23-32-7-3-4-8-35(32)44-47(36-9-5-6-10-38(36)68)71(67-66-44)21-22-76-33-17-13-31(14-18-33)55(73)79-34-15-11-30(12-16-34)26-86-85(75)78-25-40-48(42(57)53(81-40)70-29-65-46-50(60)62-27-63-52(46)70)82-84(56,74)77-24-39-49(83-85)43(58)54(80-39)69-28-64-45-37(59)19-20-61-51(45)69/h3-20,27-29,39-40,42-43,48-49,53-54,66-67H,2,21-26H2,1H3,(H2,59,61)(H2,60,62,63)/t39-,40-,42-,43-,48-,49-,53-,54-,84+,85-/m1/s1. The molecule has 6 N–H and O–H groups in total. The lowest BCUT2D eigenvalue weighted by molar-refractivity contribution is -0.118. The fourth-order valence-electron chi connectivity index (χ4n) is 10.8. The van der Waals surface area contributed by atoms with Gasteiger partial charge in [-0.1, -0.05) is 61.5 Å². The SMILES string of the molecule is [B][P@]1(=O)OC[C@H]2O[C@@H](n3cnc4c(N)ccnc43)[C@H](F)[C@@H]2O[P@](=O)(SCc2ccc(OC(=O)c3ccc(OCCN4NNC5=C4c4ccccc4N(C(=O)CC)Cc4ccccc45)cc3)cc2)OC[C@H]2O[C@@H](n3cnc4c(N)ncnc43)[C@H](F)[C@@H]2O1. The van der Waals surface area contributed by atoms with E-state index in [-0.39, 0.29) is 63.4 Å². The average molecular weight is 1230 g/mol. The summed E-state index contributed by atoms with van der Waals surface area (Å²) in [7, 11) is 1.34. The maximum absolute atomic E-state index is 17.0. The Bertz CT molecular complexity index is 4040. The lowest BCUT2D eigenvalue weighted by atomic mass is 9.96. The number of amides is 1. The highest BCUT2D eigenvalue weighted by atomic mass is 32.7. The van der Waals surface area contributed by atoms with Crippen LogP contribution in [0.15, 0.2) is 128 Å². The number of carbonyl (C=O) groups is 2. The van der Waals surface area contributed by atoms with E-state index in [0.29, 0.717) is 42.2 Å². The van der Waals surface area contributed by atoms with Crippen molar-refractivity contribution >= 4 is 96.0 Å². The number of pyridine rings is 1. The molecule has 3 fully saturated rings. The smallest absolute Gasteiger partial charge is 0.389 e. The van der Waals surface area contributed by atoms with E-state index in [4.69, 9.17) is 56.1 Å². The summed E-state index contributed by atoms with van der Waals surface area (Å²) in [6.45, 7) is -3.17. The minimum Gasteiger partial charge on any atom is -0.492 e. The van der Waals surface area contributed by atoms with Gasteiger partial charge in [-0.2, -0.15) is 0 Å². The van der Waals surface area contributed by atoms with Crippen LogP contribution in [-0.4, -0.2) is 122 Å². The third-order valence-electron chi connectivity index (χ3n) is 15.0. The first-order valence-corrected chi connectivity index (χ1v) is 31.8. The normalized spacial score (nSPS) is 26.5. The number of fused-ring (bicyclic) bond motifs is 8. The Morgan fingerprint density at radius 1 is 0.779 bits per heavy atom. The second-order valence-corrected chi connectivity index (χ2v) is 25.9.